The average Bonchev–Trinajstić information content (AvgIpc) is 2.18. The summed E-state index contributed by atoms with van der Waals surface area (Å²) in [5.41, 5.74) is 1.44. The minimum absolute atomic E-state index is 0.0317. The first-order valence-corrected chi connectivity index (χ1v) is 5.42. The van der Waals surface area contributed by atoms with Crippen LogP contribution in [-0.4, -0.2) is 4.98 Å². The number of hydrogen-bond donors (Lipinski definition) is 0. The van der Waals surface area contributed by atoms with Gasteiger partial charge in [0, 0.05) is 5.33 Å². The standard InChI is InChI=1S/C10H9BrF2N2/c1-6-4-7(2-3-14)9(10(12)13)15-8(6)5-11/h4,10H,2,5H2,1H3. The molecule has 1 aromatic rings. The molecule has 0 aliphatic heterocycles. The molecule has 0 aromatic carbocycles. The fourth-order valence-electron chi connectivity index (χ4n) is 1.27. The van der Waals surface area contributed by atoms with Crippen LogP contribution in [0.3, 0.4) is 0 Å². The first-order valence-electron chi connectivity index (χ1n) is 4.30. The molecule has 0 atom stereocenters. The van der Waals surface area contributed by atoms with E-state index in [4.69, 9.17) is 5.26 Å². The maximum Gasteiger partial charge on any atom is 0.280 e. The van der Waals surface area contributed by atoms with Gasteiger partial charge in [0.05, 0.1) is 18.2 Å². The van der Waals surface area contributed by atoms with Crippen LogP contribution in [0.25, 0.3) is 0 Å². The highest BCUT2D eigenvalue weighted by molar-refractivity contribution is 9.08. The third-order valence-corrected chi connectivity index (χ3v) is 2.56. The van der Waals surface area contributed by atoms with Crippen LogP contribution in [0.5, 0.6) is 0 Å². The summed E-state index contributed by atoms with van der Waals surface area (Å²) in [5, 5.41) is 8.95. The molecule has 1 heterocycles. The molecule has 2 nitrogen and oxygen atoms in total. The molecular weight excluding hydrogens is 266 g/mol. The van der Waals surface area contributed by atoms with Crippen LogP contribution in [-0.2, 0) is 11.8 Å². The van der Waals surface area contributed by atoms with Crippen LogP contribution in [0.2, 0.25) is 0 Å². The van der Waals surface area contributed by atoms with Gasteiger partial charge >= 0.3 is 0 Å². The van der Waals surface area contributed by atoms with Crippen molar-refractivity contribution in [3.05, 3.63) is 28.6 Å². The lowest BCUT2D eigenvalue weighted by molar-refractivity contribution is 0.145. The van der Waals surface area contributed by atoms with Crippen LogP contribution in [0, 0.1) is 18.3 Å². The first kappa shape index (κ1) is 12.1. The normalized spacial score (nSPS) is 10.4. The zero-order valence-electron chi connectivity index (χ0n) is 8.10. The van der Waals surface area contributed by atoms with Crippen molar-refractivity contribution in [3.63, 3.8) is 0 Å². The van der Waals surface area contributed by atoms with Crippen LogP contribution in [0.4, 0.5) is 8.78 Å². The second-order valence-electron chi connectivity index (χ2n) is 3.07. The van der Waals surface area contributed by atoms with E-state index in [1.807, 2.05) is 6.07 Å². The van der Waals surface area contributed by atoms with Gasteiger partial charge in [-0.25, -0.2) is 8.78 Å². The topological polar surface area (TPSA) is 36.7 Å². The lowest BCUT2D eigenvalue weighted by Gasteiger charge is -2.09. The summed E-state index contributed by atoms with van der Waals surface area (Å²) >= 11 is 3.18. The molecule has 0 fully saturated rings. The molecule has 5 heteroatoms. The molecule has 0 N–H and O–H groups in total. The second-order valence-corrected chi connectivity index (χ2v) is 3.63. The van der Waals surface area contributed by atoms with Gasteiger partial charge in [-0.05, 0) is 18.1 Å². The van der Waals surface area contributed by atoms with Gasteiger partial charge in [-0.15, -0.1) is 0 Å². The van der Waals surface area contributed by atoms with Crippen molar-refractivity contribution in [2.75, 3.05) is 0 Å². The Balaban J connectivity index is 3.26. The first-order chi connectivity index (χ1) is 7.10. The Kier molecular flexibility index (Phi) is 4.15. The molecule has 0 bridgehead atoms. The van der Waals surface area contributed by atoms with Crippen molar-refractivity contribution in [2.45, 2.75) is 25.1 Å². The second kappa shape index (κ2) is 5.17. The van der Waals surface area contributed by atoms with E-state index in [9.17, 15) is 8.78 Å². The molecule has 1 rings (SSSR count). The van der Waals surface area contributed by atoms with Crippen molar-refractivity contribution >= 4 is 15.9 Å². The lowest BCUT2D eigenvalue weighted by atomic mass is 10.1. The van der Waals surface area contributed by atoms with E-state index in [1.54, 1.807) is 13.0 Å². The third-order valence-electron chi connectivity index (χ3n) is 2.03. The van der Waals surface area contributed by atoms with E-state index >= 15 is 0 Å². The highest BCUT2D eigenvalue weighted by Crippen LogP contribution is 2.24. The fraction of sp³-hybridized carbons (Fsp3) is 0.400. The summed E-state index contributed by atoms with van der Waals surface area (Å²) in [7, 11) is 0. The maximum atomic E-state index is 12.6. The maximum absolute atomic E-state index is 12.6. The molecule has 1 aromatic heterocycles. The quantitative estimate of drug-likeness (QED) is 0.794. The van der Waals surface area contributed by atoms with E-state index in [-0.39, 0.29) is 12.1 Å². The number of nitriles is 1. The summed E-state index contributed by atoms with van der Waals surface area (Å²) in [6.45, 7) is 1.79. The minimum atomic E-state index is -2.63. The third kappa shape index (κ3) is 2.72. The van der Waals surface area contributed by atoms with E-state index in [2.05, 4.69) is 20.9 Å². The van der Waals surface area contributed by atoms with Gasteiger partial charge in [-0.2, -0.15) is 5.26 Å². The average molecular weight is 275 g/mol. The number of nitrogens with zero attached hydrogens (tertiary/aromatic N) is 2. The number of alkyl halides is 3. The van der Waals surface area contributed by atoms with Crippen molar-refractivity contribution in [2.24, 2.45) is 0 Å². The Morgan fingerprint density at radius 1 is 1.60 bits per heavy atom. The summed E-state index contributed by atoms with van der Waals surface area (Å²) in [6.07, 6.45) is -2.66. The molecule has 0 aliphatic rings. The molecule has 0 unspecified atom stereocenters. The molecule has 15 heavy (non-hydrogen) atoms. The van der Waals surface area contributed by atoms with E-state index in [0.717, 1.165) is 5.56 Å². The van der Waals surface area contributed by atoms with Gasteiger partial charge < -0.3 is 0 Å². The summed E-state index contributed by atoms with van der Waals surface area (Å²) < 4.78 is 25.2. The highest BCUT2D eigenvalue weighted by Gasteiger charge is 2.16. The Morgan fingerprint density at radius 2 is 2.27 bits per heavy atom. The number of aromatic nitrogens is 1. The zero-order valence-corrected chi connectivity index (χ0v) is 9.68. The van der Waals surface area contributed by atoms with Crippen LogP contribution >= 0.6 is 15.9 Å². The van der Waals surface area contributed by atoms with E-state index in [1.165, 1.54) is 0 Å². The SMILES string of the molecule is Cc1cc(CC#N)c(C(F)F)nc1CBr. The molecule has 0 aliphatic carbocycles. The van der Waals surface area contributed by atoms with Crippen LogP contribution in [0.1, 0.15) is 28.9 Å². The number of rotatable bonds is 3. The van der Waals surface area contributed by atoms with Gasteiger partial charge in [0.2, 0.25) is 0 Å². The Hall–Kier alpha value is -1.02. The van der Waals surface area contributed by atoms with Crippen molar-refractivity contribution in [1.29, 1.82) is 5.26 Å². The molecule has 0 amide bonds. The molecule has 0 saturated carbocycles. The van der Waals surface area contributed by atoms with E-state index < -0.39 is 6.43 Å². The molecule has 0 spiro atoms. The van der Waals surface area contributed by atoms with Gasteiger partial charge in [0.15, 0.2) is 0 Å². The Labute approximate surface area is 95.1 Å². The molecule has 80 valence electrons. The number of pyridine rings is 1. The minimum Gasteiger partial charge on any atom is -0.250 e. The van der Waals surface area contributed by atoms with Gasteiger partial charge in [0.1, 0.15) is 5.69 Å². The van der Waals surface area contributed by atoms with Crippen LogP contribution < -0.4 is 0 Å². The number of halogens is 3. The zero-order chi connectivity index (χ0) is 11.4. The van der Waals surface area contributed by atoms with Crippen molar-refractivity contribution in [1.82, 2.24) is 4.98 Å². The highest BCUT2D eigenvalue weighted by atomic mass is 79.9. The van der Waals surface area contributed by atoms with Crippen molar-refractivity contribution in [3.8, 4) is 6.07 Å². The lowest BCUT2D eigenvalue weighted by Crippen LogP contribution is -2.03. The van der Waals surface area contributed by atoms with Crippen LogP contribution in [0.15, 0.2) is 6.07 Å². The summed E-state index contributed by atoms with van der Waals surface area (Å²) in [6, 6.07) is 3.46. The Bertz CT molecular complexity index is 399. The predicted octanol–water partition coefficient (Wildman–Crippen LogP) is 3.29. The monoisotopic (exact) mass is 274 g/mol. The number of aryl methyl sites for hydroxylation is 1. The molecule has 0 radical (unpaired) electrons. The van der Waals surface area contributed by atoms with Crippen molar-refractivity contribution < 1.29 is 8.78 Å². The largest absolute Gasteiger partial charge is 0.280 e. The molecule has 0 saturated heterocycles. The summed E-state index contributed by atoms with van der Waals surface area (Å²) in [5.74, 6) is 0. The van der Waals surface area contributed by atoms with Gasteiger partial charge in [-0.1, -0.05) is 22.0 Å². The predicted molar refractivity (Wildman–Crippen MR) is 55.9 cm³/mol. The van der Waals surface area contributed by atoms with Gasteiger partial charge in [-0.3, -0.25) is 4.98 Å². The number of hydrogen-bond acceptors (Lipinski definition) is 2. The molecular formula is C10H9BrF2N2. The summed E-state index contributed by atoms with van der Waals surface area (Å²) in [4.78, 5) is 3.86. The smallest absolute Gasteiger partial charge is 0.250 e. The van der Waals surface area contributed by atoms with E-state index in [0.29, 0.717) is 16.6 Å². The Morgan fingerprint density at radius 3 is 2.73 bits per heavy atom. The van der Waals surface area contributed by atoms with Gasteiger partial charge in [0.25, 0.3) is 6.43 Å². The fourth-order valence-corrected chi connectivity index (χ4v) is 1.84.